The van der Waals surface area contributed by atoms with E-state index in [2.05, 4.69) is 0 Å². The molecule has 0 saturated carbocycles. The minimum Gasteiger partial charge on any atom is -0.463 e. The van der Waals surface area contributed by atoms with Gasteiger partial charge in [-0.2, -0.15) is 0 Å². The molecule has 1 atom stereocenters. The van der Waals surface area contributed by atoms with Crippen molar-refractivity contribution in [2.45, 2.75) is 39.7 Å². The second-order valence-corrected chi connectivity index (χ2v) is 4.73. The summed E-state index contributed by atoms with van der Waals surface area (Å²) in [7, 11) is 0. The summed E-state index contributed by atoms with van der Waals surface area (Å²) in [5.74, 6) is -0.0218. The SMILES string of the molecule is CC(CN)CC(=O)OCCOC(C)(C)C. The summed E-state index contributed by atoms with van der Waals surface area (Å²) in [5, 5.41) is 0. The van der Waals surface area contributed by atoms with Crippen LogP contribution >= 0.6 is 0 Å². The number of rotatable bonds is 6. The third-order valence-corrected chi connectivity index (χ3v) is 1.80. The van der Waals surface area contributed by atoms with E-state index in [9.17, 15) is 4.79 Å². The van der Waals surface area contributed by atoms with E-state index in [1.807, 2.05) is 27.7 Å². The third-order valence-electron chi connectivity index (χ3n) is 1.80. The van der Waals surface area contributed by atoms with E-state index in [0.717, 1.165) is 0 Å². The highest BCUT2D eigenvalue weighted by Gasteiger charge is 2.11. The molecule has 0 aliphatic carbocycles. The van der Waals surface area contributed by atoms with E-state index in [0.29, 0.717) is 26.2 Å². The van der Waals surface area contributed by atoms with Gasteiger partial charge in [-0.15, -0.1) is 0 Å². The van der Waals surface area contributed by atoms with E-state index in [-0.39, 0.29) is 17.5 Å². The van der Waals surface area contributed by atoms with Gasteiger partial charge in [0.2, 0.25) is 0 Å². The van der Waals surface area contributed by atoms with Crippen LogP contribution in [0.3, 0.4) is 0 Å². The Bertz CT molecular complexity index is 187. The molecule has 0 amide bonds. The maximum Gasteiger partial charge on any atom is 0.306 e. The van der Waals surface area contributed by atoms with E-state index in [4.69, 9.17) is 15.2 Å². The molecule has 0 heterocycles. The van der Waals surface area contributed by atoms with Gasteiger partial charge < -0.3 is 15.2 Å². The number of nitrogens with two attached hydrogens (primary N) is 1. The van der Waals surface area contributed by atoms with Crippen LogP contribution in [0, 0.1) is 5.92 Å². The molecule has 0 rings (SSSR count). The first-order valence-corrected chi connectivity index (χ1v) is 5.35. The van der Waals surface area contributed by atoms with Crippen LogP contribution < -0.4 is 5.73 Å². The van der Waals surface area contributed by atoms with Crippen LogP contribution in [0.2, 0.25) is 0 Å². The average molecular weight is 217 g/mol. The van der Waals surface area contributed by atoms with Crippen molar-refractivity contribution >= 4 is 5.97 Å². The van der Waals surface area contributed by atoms with Crippen LogP contribution in [0.1, 0.15) is 34.1 Å². The molecular weight excluding hydrogens is 194 g/mol. The number of carbonyl (C=O) groups is 1. The van der Waals surface area contributed by atoms with E-state index in [1.165, 1.54) is 0 Å². The van der Waals surface area contributed by atoms with Crippen molar-refractivity contribution in [2.75, 3.05) is 19.8 Å². The van der Waals surface area contributed by atoms with Gasteiger partial charge in [-0.05, 0) is 33.2 Å². The van der Waals surface area contributed by atoms with Crippen molar-refractivity contribution < 1.29 is 14.3 Å². The lowest BCUT2D eigenvalue weighted by Crippen LogP contribution is -2.23. The minimum absolute atomic E-state index is 0.182. The zero-order valence-corrected chi connectivity index (χ0v) is 10.2. The fourth-order valence-corrected chi connectivity index (χ4v) is 0.930. The first-order valence-electron chi connectivity index (χ1n) is 5.35. The fourth-order valence-electron chi connectivity index (χ4n) is 0.930. The topological polar surface area (TPSA) is 61.6 Å². The second kappa shape index (κ2) is 6.80. The Morgan fingerprint density at radius 1 is 1.33 bits per heavy atom. The molecular formula is C11H23NO3. The molecule has 90 valence electrons. The predicted molar refractivity (Wildman–Crippen MR) is 59.5 cm³/mol. The van der Waals surface area contributed by atoms with Crippen LogP contribution in [0.25, 0.3) is 0 Å². The number of ether oxygens (including phenoxy) is 2. The van der Waals surface area contributed by atoms with Gasteiger partial charge in [0.25, 0.3) is 0 Å². The third kappa shape index (κ3) is 9.69. The summed E-state index contributed by atoms with van der Waals surface area (Å²) in [5.41, 5.74) is 5.22. The highest BCUT2D eigenvalue weighted by molar-refractivity contribution is 5.69. The molecule has 0 saturated heterocycles. The van der Waals surface area contributed by atoms with Gasteiger partial charge in [0.15, 0.2) is 0 Å². The Hall–Kier alpha value is -0.610. The minimum atomic E-state index is -0.203. The van der Waals surface area contributed by atoms with Crippen LogP contribution in [-0.2, 0) is 14.3 Å². The average Bonchev–Trinajstić information content (AvgIpc) is 2.11. The molecule has 0 aliphatic heterocycles. The summed E-state index contributed by atoms with van der Waals surface area (Å²) in [6.07, 6.45) is 0.381. The van der Waals surface area contributed by atoms with Crippen LogP contribution in [-0.4, -0.2) is 31.3 Å². The smallest absolute Gasteiger partial charge is 0.306 e. The number of carbonyl (C=O) groups excluding carboxylic acids is 1. The van der Waals surface area contributed by atoms with Gasteiger partial charge in [-0.25, -0.2) is 0 Å². The Kier molecular flexibility index (Phi) is 6.52. The van der Waals surface area contributed by atoms with Gasteiger partial charge >= 0.3 is 5.97 Å². The summed E-state index contributed by atoms with van der Waals surface area (Å²) in [6.45, 7) is 9.07. The summed E-state index contributed by atoms with van der Waals surface area (Å²) in [6, 6.07) is 0. The van der Waals surface area contributed by atoms with Gasteiger partial charge in [-0.3, -0.25) is 4.79 Å². The largest absolute Gasteiger partial charge is 0.463 e. The Balaban J connectivity index is 3.48. The van der Waals surface area contributed by atoms with Crippen LogP contribution in [0.5, 0.6) is 0 Å². The van der Waals surface area contributed by atoms with Crippen molar-refractivity contribution in [1.29, 1.82) is 0 Å². The monoisotopic (exact) mass is 217 g/mol. The van der Waals surface area contributed by atoms with Crippen LogP contribution in [0.4, 0.5) is 0 Å². The normalized spacial score (nSPS) is 13.7. The van der Waals surface area contributed by atoms with Gasteiger partial charge in [-0.1, -0.05) is 6.92 Å². The Labute approximate surface area is 92.1 Å². The van der Waals surface area contributed by atoms with E-state index in [1.54, 1.807) is 0 Å². The van der Waals surface area contributed by atoms with Gasteiger partial charge in [0.1, 0.15) is 6.61 Å². The number of hydrogen-bond acceptors (Lipinski definition) is 4. The molecule has 0 radical (unpaired) electrons. The molecule has 0 fully saturated rings. The number of esters is 1. The van der Waals surface area contributed by atoms with E-state index < -0.39 is 0 Å². The number of hydrogen-bond donors (Lipinski definition) is 1. The molecule has 0 aliphatic rings. The fraction of sp³-hybridized carbons (Fsp3) is 0.909. The lowest BCUT2D eigenvalue weighted by molar-refractivity contribution is -0.147. The molecule has 0 spiro atoms. The van der Waals surface area contributed by atoms with Crippen molar-refractivity contribution in [3.63, 3.8) is 0 Å². The summed E-state index contributed by atoms with van der Waals surface area (Å²) >= 11 is 0. The quantitative estimate of drug-likeness (QED) is 0.538. The molecule has 2 N–H and O–H groups in total. The Morgan fingerprint density at radius 3 is 2.40 bits per heavy atom. The van der Waals surface area contributed by atoms with Crippen molar-refractivity contribution in [1.82, 2.24) is 0 Å². The molecule has 1 unspecified atom stereocenters. The standard InChI is InChI=1S/C11H23NO3/c1-9(8-12)7-10(13)14-5-6-15-11(2,3)4/h9H,5-8,12H2,1-4H3. The summed E-state index contributed by atoms with van der Waals surface area (Å²) < 4.78 is 10.4. The Morgan fingerprint density at radius 2 is 1.93 bits per heavy atom. The predicted octanol–water partition coefficient (Wildman–Crippen LogP) is 1.33. The maximum absolute atomic E-state index is 11.2. The molecule has 0 aromatic rings. The molecule has 4 nitrogen and oxygen atoms in total. The lowest BCUT2D eigenvalue weighted by atomic mass is 10.1. The van der Waals surface area contributed by atoms with Gasteiger partial charge in [0.05, 0.1) is 12.2 Å². The highest BCUT2D eigenvalue weighted by Crippen LogP contribution is 2.06. The van der Waals surface area contributed by atoms with Crippen molar-refractivity contribution in [3.8, 4) is 0 Å². The summed E-state index contributed by atoms with van der Waals surface area (Å²) in [4.78, 5) is 11.2. The zero-order chi connectivity index (χ0) is 11.9. The molecule has 4 heteroatoms. The molecule has 0 aromatic carbocycles. The molecule has 0 aromatic heterocycles. The highest BCUT2D eigenvalue weighted by atomic mass is 16.6. The van der Waals surface area contributed by atoms with Crippen LogP contribution in [0.15, 0.2) is 0 Å². The van der Waals surface area contributed by atoms with E-state index >= 15 is 0 Å². The second-order valence-electron chi connectivity index (χ2n) is 4.73. The molecule has 0 bridgehead atoms. The van der Waals surface area contributed by atoms with Crippen molar-refractivity contribution in [3.05, 3.63) is 0 Å². The maximum atomic E-state index is 11.2. The first kappa shape index (κ1) is 14.4. The van der Waals surface area contributed by atoms with Gasteiger partial charge in [0, 0.05) is 6.42 Å². The molecule has 15 heavy (non-hydrogen) atoms. The lowest BCUT2D eigenvalue weighted by Gasteiger charge is -2.19. The first-order chi connectivity index (χ1) is 6.85. The van der Waals surface area contributed by atoms with Crippen molar-refractivity contribution in [2.24, 2.45) is 11.7 Å². The zero-order valence-electron chi connectivity index (χ0n) is 10.2.